The predicted molar refractivity (Wildman–Crippen MR) is 83.2 cm³/mol. The first-order valence-corrected chi connectivity index (χ1v) is 8.06. The molecule has 0 bridgehead atoms. The molecule has 3 heterocycles. The van der Waals surface area contributed by atoms with Crippen molar-refractivity contribution in [3.63, 3.8) is 0 Å². The molecule has 0 spiro atoms. The molecule has 1 aliphatic rings. The zero-order valence-corrected chi connectivity index (χ0v) is 13.8. The van der Waals surface area contributed by atoms with Gasteiger partial charge in [-0.05, 0) is 19.4 Å². The average Bonchev–Trinajstić information content (AvgIpc) is 2.85. The van der Waals surface area contributed by atoms with Crippen LogP contribution in [0.4, 0.5) is 0 Å². The molecule has 0 aliphatic carbocycles. The van der Waals surface area contributed by atoms with Crippen molar-refractivity contribution in [3.05, 3.63) is 18.2 Å². The van der Waals surface area contributed by atoms with Crippen LogP contribution in [0.15, 0.2) is 17.4 Å². The molecule has 118 valence electrons. The van der Waals surface area contributed by atoms with Crippen LogP contribution in [0, 0.1) is 0 Å². The van der Waals surface area contributed by atoms with E-state index in [2.05, 4.69) is 20.4 Å². The summed E-state index contributed by atoms with van der Waals surface area (Å²) in [6, 6.07) is 0. The Labute approximate surface area is 135 Å². The van der Waals surface area contributed by atoms with Gasteiger partial charge in [0.25, 0.3) is 5.78 Å². The highest BCUT2D eigenvalue weighted by molar-refractivity contribution is 7.90. The quantitative estimate of drug-likeness (QED) is 0.860. The zero-order valence-electron chi connectivity index (χ0n) is 11.4. The van der Waals surface area contributed by atoms with Crippen LogP contribution in [0.2, 0.25) is 0 Å². The first kappa shape index (κ1) is 18.1. The van der Waals surface area contributed by atoms with Gasteiger partial charge in [-0.2, -0.15) is 14.6 Å². The van der Waals surface area contributed by atoms with Crippen LogP contribution in [0.5, 0.6) is 0 Å². The Morgan fingerprint density at radius 3 is 2.71 bits per heavy atom. The van der Waals surface area contributed by atoms with E-state index in [9.17, 15) is 8.42 Å². The van der Waals surface area contributed by atoms with E-state index in [1.165, 1.54) is 18.8 Å². The number of hydrogen-bond donors (Lipinski definition) is 1. The molecule has 3 rings (SSSR count). The SMILES string of the molecule is CS(=O)(=O)c1cnc2ncnn2c1C1CCCNC1.Cl.Cl. The molecular weight excluding hydrogens is 337 g/mol. The Bertz CT molecular complexity index is 712. The Morgan fingerprint density at radius 1 is 1.33 bits per heavy atom. The minimum absolute atomic E-state index is 0. The molecule has 1 atom stereocenters. The van der Waals surface area contributed by atoms with Crippen molar-refractivity contribution in [1.82, 2.24) is 24.9 Å². The molecule has 0 aromatic carbocycles. The highest BCUT2D eigenvalue weighted by Crippen LogP contribution is 2.28. The van der Waals surface area contributed by atoms with E-state index in [4.69, 9.17) is 0 Å². The van der Waals surface area contributed by atoms with Gasteiger partial charge in [-0.3, -0.25) is 0 Å². The van der Waals surface area contributed by atoms with Gasteiger partial charge in [0.1, 0.15) is 11.2 Å². The Kier molecular flexibility index (Phi) is 5.92. The predicted octanol–water partition coefficient (Wildman–Crippen LogP) is 0.838. The van der Waals surface area contributed by atoms with Crippen molar-refractivity contribution in [2.24, 2.45) is 0 Å². The van der Waals surface area contributed by atoms with Gasteiger partial charge in [0, 0.05) is 18.7 Å². The van der Waals surface area contributed by atoms with Gasteiger partial charge in [-0.15, -0.1) is 24.8 Å². The third-order valence-corrected chi connectivity index (χ3v) is 4.50. The lowest BCUT2D eigenvalue weighted by atomic mass is 9.96. The first-order chi connectivity index (χ1) is 9.07. The van der Waals surface area contributed by atoms with Gasteiger partial charge in [0.15, 0.2) is 9.84 Å². The number of piperidine rings is 1. The topological polar surface area (TPSA) is 89.2 Å². The smallest absolute Gasteiger partial charge is 0.252 e. The molecule has 1 fully saturated rings. The summed E-state index contributed by atoms with van der Waals surface area (Å²) in [7, 11) is -3.33. The molecule has 1 aliphatic heterocycles. The first-order valence-electron chi connectivity index (χ1n) is 6.17. The highest BCUT2D eigenvalue weighted by Gasteiger charge is 2.26. The van der Waals surface area contributed by atoms with Crippen LogP contribution >= 0.6 is 24.8 Å². The summed E-state index contributed by atoms with van der Waals surface area (Å²) in [5.74, 6) is 0.554. The molecule has 1 unspecified atom stereocenters. The number of halogens is 2. The number of hydrogen-bond acceptors (Lipinski definition) is 6. The number of nitrogens with zero attached hydrogens (tertiary/aromatic N) is 4. The summed E-state index contributed by atoms with van der Waals surface area (Å²) in [6.07, 6.45) is 5.95. The van der Waals surface area contributed by atoms with Crippen LogP contribution < -0.4 is 5.32 Å². The minimum Gasteiger partial charge on any atom is -0.316 e. The van der Waals surface area contributed by atoms with E-state index < -0.39 is 9.84 Å². The van der Waals surface area contributed by atoms with Crippen molar-refractivity contribution in [1.29, 1.82) is 0 Å². The normalized spacial score (nSPS) is 18.8. The summed E-state index contributed by atoms with van der Waals surface area (Å²) in [5, 5.41) is 7.41. The Balaban J connectivity index is 0.00000110. The van der Waals surface area contributed by atoms with E-state index in [-0.39, 0.29) is 35.6 Å². The minimum atomic E-state index is -3.33. The molecule has 10 heteroatoms. The third kappa shape index (κ3) is 3.45. The van der Waals surface area contributed by atoms with Gasteiger partial charge in [-0.25, -0.2) is 13.4 Å². The molecule has 0 amide bonds. The van der Waals surface area contributed by atoms with Crippen LogP contribution in [0.1, 0.15) is 24.5 Å². The molecule has 2 aromatic heterocycles. The van der Waals surface area contributed by atoms with E-state index in [0.717, 1.165) is 25.9 Å². The summed E-state index contributed by atoms with van der Waals surface area (Å²) in [5.41, 5.74) is 0.692. The molecule has 21 heavy (non-hydrogen) atoms. The van der Waals surface area contributed by atoms with Gasteiger partial charge >= 0.3 is 0 Å². The van der Waals surface area contributed by atoms with Gasteiger partial charge in [0.05, 0.1) is 11.9 Å². The van der Waals surface area contributed by atoms with Crippen LogP contribution in [0.3, 0.4) is 0 Å². The molecule has 0 saturated carbocycles. The monoisotopic (exact) mass is 353 g/mol. The second kappa shape index (κ2) is 6.87. The largest absolute Gasteiger partial charge is 0.316 e. The molecule has 0 radical (unpaired) electrons. The van der Waals surface area contributed by atoms with E-state index >= 15 is 0 Å². The molecular formula is C11H17Cl2N5O2S. The zero-order chi connectivity index (χ0) is 13.5. The fraction of sp³-hybridized carbons (Fsp3) is 0.545. The Hall–Kier alpha value is -0.960. The van der Waals surface area contributed by atoms with E-state index in [0.29, 0.717) is 11.5 Å². The Morgan fingerprint density at radius 2 is 2.10 bits per heavy atom. The average molecular weight is 354 g/mol. The van der Waals surface area contributed by atoms with Crippen molar-refractivity contribution < 1.29 is 8.42 Å². The maximum absolute atomic E-state index is 11.9. The summed E-state index contributed by atoms with van der Waals surface area (Å²) >= 11 is 0. The van der Waals surface area contributed by atoms with Crippen molar-refractivity contribution >= 4 is 40.4 Å². The molecule has 2 aromatic rings. The van der Waals surface area contributed by atoms with Crippen molar-refractivity contribution in [3.8, 4) is 0 Å². The fourth-order valence-electron chi connectivity index (χ4n) is 2.53. The number of sulfone groups is 1. The lowest BCUT2D eigenvalue weighted by Crippen LogP contribution is -2.30. The fourth-order valence-corrected chi connectivity index (χ4v) is 3.40. The maximum Gasteiger partial charge on any atom is 0.252 e. The maximum atomic E-state index is 11.9. The number of aromatic nitrogens is 4. The second-order valence-corrected chi connectivity index (χ2v) is 6.78. The van der Waals surface area contributed by atoms with Crippen LogP contribution in [0.25, 0.3) is 5.78 Å². The van der Waals surface area contributed by atoms with Crippen LogP contribution in [-0.4, -0.2) is 47.3 Å². The lowest BCUT2D eigenvalue weighted by Gasteiger charge is -2.24. The van der Waals surface area contributed by atoms with Gasteiger partial charge in [-0.1, -0.05) is 0 Å². The number of nitrogens with one attached hydrogen (secondary N) is 1. The van der Waals surface area contributed by atoms with E-state index in [1.54, 1.807) is 4.52 Å². The lowest BCUT2D eigenvalue weighted by molar-refractivity contribution is 0.441. The van der Waals surface area contributed by atoms with Crippen LogP contribution in [-0.2, 0) is 9.84 Å². The summed E-state index contributed by atoms with van der Waals surface area (Å²) in [4.78, 5) is 8.33. The second-order valence-electron chi connectivity index (χ2n) is 4.79. The summed E-state index contributed by atoms with van der Waals surface area (Å²) in [6.45, 7) is 1.72. The number of fused-ring (bicyclic) bond motifs is 1. The summed E-state index contributed by atoms with van der Waals surface area (Å²) < 4.78 is 25.4. The van der Waals surface area contributed by atoms with Crippen molar-refractivity contribution in [2.45, 2.75) is 23.7 Å². The van der Waals surface area contributed by atoms with Gasteiger partial charge in [0.2, 0.25) is 0 Å². The number of rotatable bonds is 2. The molecule has 7 nitrogen and oxygen atoms in total. The molecule has 1 N–H and O–H groups in total. The standard InChI is InChI=1S/C11H15N5O2S.2ClH/c1-19(17,18)9-6-13-11-14-7-15-16(11)10(9)8-3-2-4-12-5-8;;/h6-8,12H,2-5H2,1H3;2*1H. The third-order valence-electron chi connectivity index (χ3n) is 3.39. The van der Waals surface area contributed by atoms with Crippen molar-refractivity contribution in [2.75, 3.05) is 19.3 Å². The van der Waals surface area contributed by atoms with E-state index in [1.807, 2.05) is 0 Å². The molecule has 1 saturated heterocycles. The van der Waals surface area contributed by atoms with Gasteiger partial charge < -0.3 is 5.32 Å². The highest BCUT2D eigenvalue weighted by atomic mass is 35.5.